The molecule has 0 aliphatic heterocycles. The standard InChI is InChI=1S/C15H12N2O3/c1-19-15(18)10-6-7-14(12(17)8-10)20-13-5-3-2-4-11(13)9-16/h2-8H,17H2,1H3. The lowest BCUT2D eigenvalue weighted by Crippen LogP contribution is -2.03. The summed E-state index contributed by atoms with van der Waals surface area (Å²) < 4.78 is 10.2. The molecule has 2 rings (SSSR count). The molecule has 0 saturated carbocycles. The number of anilines is 1. The third-order valence-electron chi connectivity index (χ3n) is 2.66. The predicted octanol–water partition coefficient (Wildman–Crippen LogP) is 2.72. The number of esters is 1. The lowest BCUT2D eigenvalue weighted by Gasteiger charge is -2.10. The molecule has 0 aromatic heterocycles. The topological polar surface area (TPSA) is 85.3 Å². The number of nitriles is 1. The zero-order valence-electron chi connectivity index (χ0n) is 10.8. The number of nitrogens with two attached hydrogens (primary N) is 1. The van der Waals surface area contributed by atoms with Crippen molar-refractivity contribution >= 4 is 11.7 Å². The Morgan fingerprint density at radius 2 is 1.95 bits per heavy atom. The van der Waals surface area contributed by atoms with Crippen molar-refractivity contribution in [1.82, 2.24) is 0 Å². The number of benzene rings is 2. The molecule has 100 valence electrons. The number of methoxy groups -OCH3 is 1. The van der Waals surface area contributed by atoms with Crippen LogP contribution in [0.25, 0.3) is 0 Å². The SMILES string of the molecule is COC(=O)c1ccc(Oc2ccccc2C#N)c(N)c1. The first-order valence-electron chi connectivity index (χ1n) is 5.80. The van der Waals surface area contributed by atoms with Gasteiger partial charge in [-0.05, 0) is 30.3 Å². The van der Waals surface area contributed by atoms with Gasteiger partial charge in [0, 0.05) is 0 Å². The van der Waals surface area contributed by atoms with Gasteiger partial charge < -0.3 is 15.2 Å². The minimum Gasteiger partial charge on any atom is -0.465 e. The van der Waals surface area contributed by atoms with Crippen LogP contribution in [0, 0.1) is 11.3 Å². The van der Waals surface area contributed by atoms with Crippen LogP contribution >= 0.6 is 0 Å². The molecular weight excluding hydrogens is 256 g/mol. The Hall–Kier alpha value is -3.00. The van der Waals surface area contributed by atoms with Crippen molar-refractivity contribution in [1.29, 1.82) is 5.26 Å². The monoisotopic (exact) mass is 268 g/mol. The average Bonchev–Trinajstić information content (AvgIpc) is 2.49. The van der Waals surface area contributed by atoms with Crippen LogP contribution in [-0.4, -0.2) is 13.1 Å². The fourth-order valence-electron chi connectivity index (χ4n) is 1.65. The van der Waals surface area contributed by atoms with Gasteiger partial charge in [-0.15, -0.1) is 0 Å². The Bertz CT molecular complexity index is 690. The third kappa shape index (κ3) is 2.70. The summed E-state index contributed by atoms with van der Waals surface area (Å²) in [4.78, 5) is 11.4. The van der Waals surface area contributed by atoms with Gasteiger partial charge >= 0.3 is 5.97 Å². The van der Waals surface area contributed by atoms with Gasteiger partial charge in [-0.1, -0.05) is 12.1 Å². The Kier molecular flexibility index (Phi) is 3.87. The maximum Gasteiger partial charge on any atom is 0.337 e. The summed E-state index contributed by atoms with van der Waals surface area (Å²) in [6.45, 7) is 0. The summed E-state index contributed by atoms with van der Waals surface area (Å²) in [7, 11) is 1.30. The van der Waals surface area contributed by atoms with Crippen LogP contribution in [0.4, 0.5) is 5.69 Å². The molecule has 5 nitrogen and oxygen atoms in total. The zero-order chi connectivity index (χ0) is 14.5. The van der Waals surface area contributed by atoms with E-state index in [4.69, 9.17) is 15.7 Å². The minimum atomic E-state index is -0.472. The van der Waals surface area contributed by atoms with Crippen molar-refractivity contribution in [2.75, 3.05) is 12.8 Å². The number of carbonyl (C=O) groups is 1. The van der Waals surface area contributed by atoms with Crippen molar-refractivity contribution < 1.29 is 14.3 Å². The molecule has 0 amide bonds. The number of para-hydroxylation sites is 1. The minimum absolute atomic E-state index is 0.292. The number of carbonyl (C=O) groups excluding carboxylic acids is 1. The maximum absolute atomic E-state index is 11.4. The van der Waals surface area contributed by atoms with Crippen LogP contribution in [0.2, 0.25) is 0 Å². The van der Waals surface area contributed by atoms with E-state index < -0.39 is 5.97 Å². The van der Waals surface area contributed by atoms with E-state index in [1.165, 1.54) is 13.2 Å². The molecule has 0 radical (unpaired) electrons. The number of rotatable bonds is 3. The molecule has 0 heterocycles. The van der Waals surface area contributed by atoms with E-state index in [1.807, 2.05) is 6.07 Å². The van der Waals surface area contributed by atoms with Crippen molar-refractivity contribution in [2.45, 2.75) is 0 Å². The highest BCUT2D eigenvalue weighted by molar-refractivity contribution is 5.90. The molecule has 2 aromatic rings. The molecule has 5 heteroatoms. The fourth-order valence-corrected chi connectivity index (χ4v) is 1.65. The van der Waals surface area contributed by atoms with E-state index in [0.717, 1.165) is 0 Å². The quantitative estimate of drug-likeness (QED) is 0.683. The molecule has 0 unspecified atom stereocenters. The Labute approximate surface area is 116 Å². The lowest BCUT2D eigenvalue weighted by molar-refractivity contribution is 0.0601. The Morgan fingerprint density at radius 3 is 2.60 bits per heavy atom. The van der Waals surface area contributed by atoms with Crippen LogP contribution in [0.15, 0.2) is 42.5 Å². The number of hydrogen-bond donors (Lipinski definition) is 1. The van der Waals surface area contributed by atoms with Gasteiger partial charge in [0.05, 0.1) is 23.9 Å². The number of nitrogens with zero attached hydrogens (tertiary/aromatic N) is 1. The van der Waals surface area contributed by atoms with E-state index in [0.29, 0.717) is 28.3 Å². The first-order chi connectivity index (χ1) is 9.65. The molecular formula is C15H12N2O3. The molecule has 0 aliphatic rings. The second-order valence-electron chi connectivity index (χ2n) is 3.95. The van der Waals surface area contributed by atoms with Gasteiger partial charge in [0.1, 0.15) is 17.6 Å². The molecule has 0 aliphatic carbocycles. The number of nitrogen functional groups attached to an aromatic ring is 1. The molecule has 0 spiro atoms. The highest BCUT2D eigenvalue weighted by Crippen LogP contribution is 2.30. The molecule has 2 N–H and O–H groups in total. The fraction of sp³-hybridized carbons (Fsp3) is 0.0667. The van der Waals surface area contributed by atoms with Crippen molar-refractivity contribution in [2.24, 2.45) is 0 Å². The molecule has 2 aromatic carbocycles. The van der Waals surface area contributed by atoms with Crippen LogP contribution in [0.1, 0.15) is 15.9 Å². The summed E-state index contributed by atoms with van der Waals surface area (Å²) in [6, 6.07) is 13.4. The molecule has 0 bridgehead atoms. The smallest absolute Gasteiger partial charge is 0.337 e. The third-order valence-corrected chi connectivity index (χ3v) is 2.66. The van der Waals surface area contributed by atoms with Crippen molar-refractivity contribution in [3.05, 3.63) is 53.6 Å². The first-order valence-corrected chi connectivity index (χ1v) is 5.80. The summed E-state index contributed by atoms with van der Waals surface area (Å²) >= 11 is 0. The zero-order valence-corrected chi connectivity index (χ0v) is 10.8. The molecule has 20 heavy (non-hydrogen) atoms. The van der Waals surface area contributed by atoms with Gasteiger partial charge in [0.25, 0.3) is 0 Å². The van der Waals surface area contributed by atoms with E-state index in [-0.39, 0.29) is 0 Å². The normalized spacial score (nSPS) is 9.60. The second-order valence-corrected chi connectivity index (χ2v) is 3.95. The number of hydrogen-bond acceptors (Lipinski definition) is 5. The highest BCUT2D eigenvalue weighted by Gasteiger charge is 2.10. The Morgan fingerprint density at radius 1 is 1.20 bits per heavy atom. The van der Waals surface area contributed by atoms with Crippen LogP contribution in [0.3, 0.4) is 0 Å². The van der Waals surface area contributed by atoms with Crippen LogP contribution < -0.4 is 10.5 Å². The lowest BCUT2D eigenvalue weighted by atomic mass is 10.2. The largest absolute Gasteiger partial charge is 0.465 e. The van der Waals surface area contributed by atoms with Gasteiger partial charge in [0.15, 0.2) is 0 Å². The van der Waals surface area contributed by atoms with E-state index >= 15 is 0 Å². The first kappa shape index (κ1) is 13.4. The number of ether oxygens (including phenoxy) is 2. The highest BCUT2D eigenvalue weighted by atomic mass is 16.5. The van der Waals surface area contributed by atoms with E-state index in [2.05, 4.69) is 4.74 Å². The van der Waals surface area contributed by atoms with Gasteiger partial charge in [-0.3, -0.25) is 0 Å². The average molecular weight is 268 g/mol. The molecule has 0 saturated heterocycles. The van der Waals surface area contributed by atoms with E-state index in [9.17, 15) is 4.79 Å². The van der Waals surface area contributed by atoms with Gasteiger partial charge in [-0.25, -0.2) is 4.79 Å². The molecule has 0 fully saturated rings. The summed E-state index contributed by atoms with van der Waals surface area (Å²) in [6.07, 6.45) is 0. The van der Waals surface area contributed by atoms with Crippen molar-refractivity contribution in [3.63, 3.8) is 0 Å². The maximum atomic E-state index is 11.4. The van der Waals surface area contributed by atoms with Crippen LogP contribution in [-0.2, 0) is 4.74 Å². The molecule has 0 atom stereocenters. The van der Waals surface area contributed by atoms with Crippen LogP contribution in [0.5, 0.6) is 11.5 Å². The van der Waals surface area contributed by atoms with Gasteiger partial charge in [-0.2, -0.15) is 5.26 Å². The second kappa shape index (κ2) is 5.76. The summed E-state index contributed by atoms with van der Waals surface area (Å²) in [5, 5.41) is 8.99. The van der Waals surface area contributed by atoms with Crippen molar-refractivity contribution in [3.8, 4) is 17.6 Å². The predicted molar refractivity (Wildman–Crippen MR) is 73.4 cm³/mol. The summed E-state index contributed by atoms with van der Waals surface area (Å²) in [5.41, 5.74) is 6.88. The van der Waals surface area contributed by atoms with Gasteiger partial charge in [0.2, 0.25) is 0 Å². The summed E-state index contributed by atoms with van der Waals surface area (Å²) in [5.74, 6) is 0.313. The van der Waals surface area contributed by atoms with E-state index in [1.54, 1.807) is 36.4 Å². The Balaban J connectivity index is 2.31.